The van der Waals surface area contributed by atoms with E-state index in [0.29, 0.717) is 6.54 Å². The average Bonchev–Trinajstić information content (AvgIpc) is 2.29. The lowest BCUT2D eigenvalue weighted by Crippen LogP contribution is -2.25. The van der Waals surface area contributed by atoms with E-state index in [-0.39, 0.29) is 11.7 Å². The summed E-state index contributed by atoms with van der Waals surface area (Å²) in [6.45, 7) is 4.43. The summed E-state index contributed by atoms with van der Waals surface area (Å²) in [5.74, 6) is -0.0209. The van der Waals surface area contributed by atoms with Crippen molar-refractivity contribution < 1.29 is 4.79 Å². The molecule has 0 fully saturated rings. The molecule has 4 nitrogen and oxygen atoms in total. The van der Waals surface area contributed by atoms with E-state index in [1.54, 1.807) is 12.4 Å². The van der Waals surface area contributed by atoms with Gasteiger partial charge in [-0.15, -0.1) is 0 Å². The summed E-state index contributed by atoms with van der Waals surface area (Å²) in [6, 6.07) is 0. The summed E-state index contributed by atoms with van der Waals surface area (Å²) in [5.41, 5.74) is 1.03. The van der Waals surface area contributed by atoms with E-state index < -0.39 is 0 Å². The number of carbonyl (C=O) groups is 1. The van der Waals surface area contributed by atoms with Crippen LogP contribution in [-0.2, 0) is 6.42 Å². The number of allylic oxidation sites excluding steroid dienone is 1. The third-order valence-corrected chi connectivity index (χ3v) is 1.93. The highest BCUT2D eigenvalue weighted by molar-refractivity contribution is 5.90. The molecule has 0 atom stereocenters. The predicted octanol–water partition coefficient (Wildman–Crippen LogP) is 1.34. The lowest BCUT2D eigenvalue weighted by atomic mass is 10.3. The molecule has 0 aromatic carbocycles. The normalized spacial score (nSPS) is 10.5. The summed E-state index contributed by atoms with van der Waals surface area (Å²) in [5, 5.41) is 2.69. The van der Waals surface area contributed by atoms with Crippen LogP contribution in [0.5, 0.6) is 0 Å². The lowest BCUT2D eigenvalue weighted by molar-refractivity contribution is 0.0947. The van der Waals surface area contributed by atoms with Crippen molar-refractivity contribution in [3.8, 4) is 0 Å². The standard InChI is InChI=1S/C11H15N3O/c1-3-5-6-12-11(15)10-13-7-9(4-2)8-14-10/h3,5,7-8H,4,6H2,1-2H3,(H,12,15)/b5-3+. The Balaban J connectivity index is 2.58. The molecule has 80 valence electrons. The maximum Gasteiger partial charge on any atom is 0.289 e. The molecule has 1 N–H and O–H groups in total. The maximum atomic E-state index is 11.4. The Hall–Kier alpha value is -1.71. The Bertz CT molecular complexity index is 343. The van der Waals surface area contributed by atoms with E-state index >= 15 is 0 Å². The summed E-state index contributed by atoms with van der Waals surface area (Å²) >= 11 is 0. The second-order valence-electron chi connectivity index (χ2n) is 3.05. The number of nitrogens with zero attached hydrogens (tertiary/aromatic N) is 2. The topological polar surface area (TPSA) is 54.9 Å². The summed E-state index contributed by atoms with van der Waals surface area (Å²) in [4.78, 5) is 19.4. The van der Waals surface area contributed by atoms with Crippen molar-refractivity contribution in [2.24, 2.45) is 0 Å². The van der Waals surface area contributed by atoms with Crippen molar-refractivity contribution >= 4 is 5.91 Å². The molecule has 0 bridgehead atoms. The molecule has 1 amide bonds. The van der Waals surface area contributed by atoms with Crippen LogP contribution in [0.3, 0.4) is 0 Å². The highest BCUT2D eigenvalue weighted by atomic mass is 16.2. The minimum Gasteiger partial charge on any atom is -0.346 e. The molecule has 1 heterocycles. The smallest absolute Gasteiger partial charge is 0.289 e. The van der Waals surface area contributed by atoms with Crippen LogP contribution >= 0.6 is 0 Å². The minimum atomic E-state index is -0.240. The first-order chi connectivity index (χ1) is 7.27. The fourth-order valence-electron chi connectivity index (χ4n) is 1.00. The Labute approximate surface area is 89.4 Å². The number of rotatable bonds is 4. The van der Waals surface area contributed by atoms with Crippen LogP contribution in [0.1, 0.15) is 30.0 Å². The monoisotopic (exact) mass is 205 g/mol. The molecule has 0 spiro atoms. The van der Waals surface area contributed by atoms with E-state index in [2.05, 4.69) is 15.3 Å². The van der Waals surface area contributed by atoms with Gasteiger partial charge in [0.25, 0.3) is 5.91 Å². The zero-order chi connectivity index (χ0) is 11.1. The third kappa shape index (κ3) is 3.50. The van der Waals surface area contributed by atoms with Crippen LogP contribution in [0.4, 0.5) is 0 Å². The molecular weight excluding hydrogens is 190 g/mol. The number of aryl methyl sites for hydroxylation is 1. The molecule has 1 aromatic heterocycles. The third-order valence-electron chi connectivity index (χ3n) is 1.93. The van der Waals surface area contributed by atoms with Crippen LogP contribution in [0, 0.1) is 0 Å². The molecular formula is C11H15N3O. The van der Waals surface area contributed by atoms with Gasteiger partial charge in [0.2, 0.25) is 5.82 Å². The summed E-state index contributed by atoms with van der Waals surface area (Å²) < 4.78 is 0. The van der Waals surface area contributed by atoms with E-state index in [0.717, 1.165) is 12.0 Å². The summed E-state index contributed by atoms with van der Waals surface area (Å²) in [7, 11) is 0. The van der Waals surface area contributed by atoms with Gasteiger partial charge in [0.05, 0.1) is 0 Å². The fourth-order valence-corrected chi connectivity index (χ4v) is 1.00. The zero-order valence-corrected chi connectivity index (χ0v) is 9.03. The first-order valence-corrected chi connectivity index (χ1v) is 4.98. The van der Waals surface area contributed by atoms with Crippen LogP contribution in [-0.4, -0.2) is 22.4 Å². The van der Waals surface area contributed by atoms with E-state index in [1.165, 1.54) is 0 Å². The molecule has 1 rings (SSSR count). The number of carbonyl (C=O) groups excluding carboxylic acids is 1. The van der Waals surface area contributed by atoms with Crippen LogP contribution in [0.25, 0.3) is 0 Å². The average molecular weight is 205 g/mol. The second kappa shape index (κ2) is 5.90. The van der Waals surface area contributed by atoms with Crippen molar-refractivity contribution in [3.63, 3.8) is 0 Å². The number of amides is 1. The van der Waals surface area contributed by atoms with Gasteiger partial charge in [-0.2, -0.15) is 0 Å². The maximum absolute atomic E-state index is 11.4. The van der Waals surface area contributed by atoms with E-state index in [4.69, 9.17) is 0 Å². The predicted molar refractivity (Wildman–Crippen MR) is 58.6 cm³/mol. The van der Waals surface area contributed by atoms with Gasteiger partial charge in [-0.3, -0.25) is 4.79 Å². The van der Waals surface area contributed by atoms with Gasteiger partial charge in [-0.25, -0.2) is 9.97 Å². The first kappa shape index (κ1) is 11.4. The van der Waals surface area contributed by atoms with E-state index in [1.807, 2.05) is 26.0 Å². The quantitative estimate of drug-likeness (QED) is 0.755. The van der Waals surface area contributed by atoms with Gasteiger partial charge >= 0.3 is 0 Å². The highest BCUT2D eigenvalue weighted by Crippen LogP contribution is 1.96. The molecule has 0 aliphatic rings. The van der Waals surface area contributed by atoms with Crippen molar-refractivity contribution in [2.45, 2.75) is 20.3 Å². The second-order valence-corrected chi connectivity index (χ2v) is 3.05. The Morgan fingerprint density at radius 1 is 1.47 bits per heavy atom. The molecule has 1 aromatic rings. The number of hydrogen-bond donors (Lipinski definition) is 1. The first-order valence-electron chi connectivity index (χ1n) is 4.98. The molecule has 0 aliphatic carbocycles. The Kier molecular flexibility index (Phi) is 4.47. The van der Waals surface area contributed by atoms with Crippen molar-refractivity contribution in [1.29, 1.82) is 0 Å². The molecule has 4 heteroatoms. The van der Waals surface area contributed by atoms with Crippen LogP contribution in [0.2, 0.25) is 0 Å². The number of aromatic nitrogens is 2. The van der Waals surface area contributed by atoms with Crippen molar-refractivity contribution in [1.82, 2.24) is 15.3 Å². The molecule has 0 radical (unpaired) electrons. The van der Waals surface area contributed by atoms with Gasteiger partial charge in [0, 0.05) is 18.9 Å². The summed E-state index contributed by atoms with van der Waals surface area (Å²) in [6.07, 6.45) is 7.97. The Morgan fingerprint density at radius 3 is 2.67 bits per heavy atom. The molecule has 15 heavy (non-hydrogen) atoms. The van der Waals surface area contributed by atoms with Crippen molar-refractivity contribution in [2.75, 3.05) is 6.54 Å². The molecule has 0 saturated heterocycles. The molecule has 0 saturated carbocycles. The minimum absolute atomic E-state index is 0.219. The van der Waals surface area contributed by atoms with Gasteiger partial charge in [-0.1, -0.05) is 19.1 Å². The lowest BCUT2D eigenvalue weighted by Gasteiger charge is -2.01. The fraction of sp³-hybridized carbons (Fsp3) is 0.364. The number of nitrogens with one attached hydrogen (secondary N) is 1. The van der Waals surface area contributed by atoms with Gasteiger partial charge in [0.15, 0.2) is 0 Å². The van der Waals surface area contributed by atoms with Crippen LogP contribution in [0.15, 0.2) is 24.5 Å². The van der Waals surface area contributed by atoms with Crippen LogP contribution < -0.4 is 5.32 Å². The largest absolute Gasteiger partial charge is 0.346 e. The number of hydrogen-bond acceptors (Lipinski definition) is 3. The zero-order valence-electron chi connectivity index (χ0n) is 9.03. The van der Waals surface area contributed by atoms with Gasteiger partial charge in [-0.05, 0) is 18.9 Å². The van der Waals surface area contributed by atoms with E-state index in [9.17, 15) is 4.79 Å². The highest BCUT2D eigenvalue weighted by Gasteiger charge is 2.06. The molecule has 0 unspecified atom stereocenters. The molecule has 0 aliphatic heterocycles. The van der Waals surface area contributed by atoms with Gasteiger partial charge < -0.3 is 5.32 Å². The van der Waals surface area contributed by atoms with Gasteiger partial charge in [0.1, 0.15) is 0 Å². The van der Waals surface area contributed by atoms with Crippen molar-refractivity contribution in [3.05, 3.63) is 35.9 Å². The Morgan fingerprint density at radius 2 is 2.13 bits per heavy atom. The SMILES string of the molecule is C/C=C/CNC(=O)c1ncc(CC)cn1.